The number of H-pyrrole nitrogens is 1. The molecule has 3 aromatic rings. The Labute approximate surface area is 171 Å². The highest BCUT2D eigenvalue weighted by atomic mass is 19.1. The predicted octanol–water partition coefficient (Wildman–Crippen LogP) is 3.38. The highest BCUT2D eigenvalue weighted by Crippen LogP contribution is 2.35. The zero-order valence-electron chi connectivity index (χ0n) is 16.1. The van der Waals surface area contributed by atoms with E-state index in [0.29, 0.717) is 12.0 Å². The average Bonchev–Trinajstić information content (AvgIpc) is 3.29. The van der Waals surface area contributed by atoms with Gasteiger partial charge < -0.3 is 15.2 Å². The smallest absolute Gasteiger partial charge is 0.233 e. The minimum absolute atomic E-state index is 0.134. The van der Waals surface area contributed by atoms with Crippen LogP contribution in [0.25, 0.3) is 22.4 Å². The molecule has 2 aromatic heterocycles. The Morgan fingerprint density at radius 3 is 2.80 bits per heavy atom. The van der Waals surface area contributed by atoms with Gasteiger partial charge in [0, 0.05) is 47.5 Å². The third-order valence-corrected chi connectivity index (χ3v) is 5.86. The molecular weight excluding hydrogens is 392 g/mol. The summed E-state index contributed by atoms with van der Waals surface area (Å²) in [5, 5.41) is 28.2. The van der Waals surface area contributed by atoms with Gasteiger partial charge in [-0.3, -0.25) is 5.10 Å². The summed E-state index contributed by atoms with van der Waals surface area (Å²) in [6, 6.07) is 5.75. The molecule has 0 spiro atoms. The molecule has 2 unspecified atom stereocenters. The van der Waals surface area contributed by atoms with Crippen LogP contribution in [-0.4, -0.2) is 49.9 Å². The van der Waals surface area contributed by atoms with Gasteiger partial charge in [-0.15, -0.1) is 10.2 Å². The molecule has 0 aliphatic carbocycles. The van der Waals surface area contributed by atoms with Crippen LogP contribution in [0.15, 0.2) is 36.7 Å². The van der Waals surface area contributed by atoms with Crippen molar-refractivity contribution in [2.24, 2.45) is 0 Å². The van der Waals surface area contributed by atoms with Crippen molar-refractivity contribution in [3.63, 3.8) is 0 Å². The topological polar surface area (TPSA) is 96.0 Å². The van der Waals surface area contributed by atoms with E-state index < -0.39 is 18.1 Å². The van der Waals surface area contributed by atoms with Crippen molar-refractivity contribution < 1.29 is 18.6 Å². The Kier molecular flexibility index (Phi) is 4.82. The maximum atomic E-state index is 14.7. The van der Waals surface area contributed by atoms with Gasteiger partial charge in [0.05, 0.1) is 11.9 Å². The maximum absolute atomic E-state index is 14.7. The van der Waals surface area contributed by atoms with E-state index in [1.165, 1.54) is 24.5 Å². The summed E-state index contributed by atoms with van der Waals surface area (Å²) in [7, 11) is 0. The first-order valence-corrected chi connectivity index (χ1v) is 10.0. The van der Waals surface area contributed by atoms with Crippen molar-refractivity contribution in [3.05, 3.63) is 42.5 Å². The SMILES string of the molecule is Oc1cc(-c2cn[nH]c2)c(F)cc1-c1ccc(O[C@H]2CC3CCCC(N3)[C@H]2F)nn1. The zero-order chi connectivity index (χ0) is 20.7. The Hall–Kier alpha value is -3.07. The number of hydrogen-bond acceptors (Lipinski definition) is 6. The second-order valence-electron chi connectivity index (χ2n) is 7.83. The molecule has 2 bridgehead atoms. The van der Waals surface area contributed by atoms with Gasteiger partial charge in [0.15, 0.2) is 6.17 Å². The van der Waals surface area contributed by atoms with Crippen LogP contribution < -0.4 is 10.1 Å². The van der Waals surface area contributed by atoms with Gasteiger partial charge in [-0.05, 0) is 31.0 Å². The van der Waals surface area contributed by atoms with Crippen LogP contribution in [0.1, 0.15) is 25.7 Å². The van der Waals surface area contributed by atoms with Gasteiger partial charge in [-0.25, -0.2) is 8.78 Å². The van der Waals surface area contributed by atoms with E-state index in [0.717, 1.165) is 19.3 Å². The van der Waals surface area contributed by atoms with Gasteiger partial charge in [-0.2, -0.15) is 5.10 Å². The molecule has 156 valence electrons. The van der Waals surface area contributed by atoms with E-state index in [-0.39, 0.29) is 40.5 Å². The van der Waals surface area contributed by atoms with Crippen LogP contribution >= 0.6 is 0 Å². The summed E-state index contributed by atoms with van der Waals surface area (Å²) in [5.41, 5.74) is 1.25. The number of nitrogens with zero attached hydrogens (tertiary/aromatic N) is 3. The van der Waals surface area contributed by atoms with E-state index >= 15 is 0 Å². The normalized spacial score (nSPS) is 25.8. The largest absolute Gasteiger partial charge is 0.507 e. The number of aromatic nitrogens is 4. The summed E-state index contributed by atoms with van der Waals surface area (Å²) in [6.07, 6.45) is 4.78. The lowest BCUT2D eigenvalue weighted by atomic mass is 9.84. The molecule has 2 aliphatic heterocycles. The predicted molar refractivity (Wildman–Crippen MR) is 105 cm³/mol. The standard InChI is InChI=1S/C21H21F2N5O2/c22-15-7-14(18(29)8-13(15)11-9-24-25-10-11)16-4-5-20(28-27-16)30-19-6-12-2-1-3-17(26-12)21(19)23/h4-5,7-10,12,17,19,21,26,29H,1-3,6H2,(H,24,25)/t12?,17?,19-,21+/m0/s1. The Balaban J connectivity index is 1.35. The highest BCUT2D eigenvalue weighted by molar-refractivity contribution is 5.74. The van der Waals surface area contributed by atoms with Gasteiger partial charge >= 0.3 is 0 Å². The first-order valence-electron chi connectivity index (χ1n) is 10.0. The quantitative estimate of drug-likeness (QED) is 0.607. The van der Waals surface area contributed by atoms with E-state index in [1.54, 1.807) is 12.1 Å². The van der Waals surface area contributed by atoms with E-state index in [4.69, 9.17) is 4.74 Å². The van der Waals surface area contributed by atoms with Crippen molar-refractivity contribution in [3.8, 4) is 34.0 Å². The number of hydrogen-bond donors (Lipinski definition) is 3. The summed E-state index contributed by atoms with van der Waals surface area (Å²) < 4.78 is 35.0. The number of piperidine rings is 2. The Bertz CT molecular complexity index is 1030. The average molecular weight is 413 g/mol. The van der Waals surface area contributed by atoms with Crippen LogP contribution in [-0.2, 0) is 0 Å². The van der Waals surface area contributed by atoms with Crippen molar-refractivity contribution in [1.82, 2.24) is 25.7 Å². The molecule has 4 atom stereocenters. The highest BCUT2D eigenvalue weighted by Gasteiger charge is 2.41. The lowest BCUT2D eigenvalue weighted by Gasteiger charge is -2.42. The maximum Gasteiger partial charge on any atom is 0.233 e. The molecule has 7 nitrogen and oxygen atoms in total. The second kappa shape index (κ2) is 7.64. The molecule has 4 heterocycles. The number of halogens is 2. The van der Waals surface area contributed by atoms with Gasteiger partial charge in [0.25, 0.3) is 0 Å². The molecule has 0 saturated carbocycles. The molecule has 2 saturated heterocycles. The molecule has 30 heavy (non-hydrogen) atoms. The first kappa shape index (κ1) is 18.9. The monoisotopic (exact) mass is 413 g/mol. The van der Waals surface area contributed by atoms with Crippen molar-refractivity contribution >= 4 is 0 Å². The molecular formula is C21H21F2N5O2. The number of alkyl halides is 1. The Morgan fingerprint density at radius 1 is 1.13 bits per heavy atom. The number of rotatable bonds is 4. The molecule has 1 aromatic carbocycles. The van der Waals surface area contributed by atoms with Crippen molar-refractivity contribution in [2.75, 3.05) is 0 Å². The number of aromatic amines is 1. The van der Waals surface area contributed by atoms with Crippen LogP contribution in [0.2, 0.25) is 0 Å². The minimum Gasteiger partial charge on any atom is -0.507 e. The lowest BCUT2D eigenvalue weighted by Crippen LogP contribution is -2.59. The van der Waals surface area contributed by atoms with Gasteiger partial charge in [0.2, 0.25) is 5.88 Å². The number of phenols is 1. The summed E-state index contributed by atoms with van der Waals surface area (Å²) in [4.78, 5) is 0. The van der Waals surface area contributed by atoms with Crippen molar-refractivity contribution in [1.29, 1.82) is 0 Å². The minimum atomic E-state index is -1.10. The number of benzene rings is 1. The van der Waals surface area contributed by atoms with E-state index in [1.807, 2.05) is 0 Å². The first-order chi connectivity index (χ1) is 14.6. The fourth-order valence-corrected chi connectivity index (χ4v) is 4.34. The van der Waals surface area contributed by atoms with E-state index in [2.05, 4.69) is 25.7 Å². The van der Waals surface area contributed by atoms with Gasteiger partial charge in [0.1, 0.15) is 17.7 Å². The molecule has 5 rings (SSSR count). The molecule has 3 N–H and O–H groups in total. The fourth-order valence-electron chi connectivity index (χ4n) is 4.34. The number of ether oxygens (including phenoxy) is 1. The lowest BCUT2D eigenvalue weighted by molar-refractivity contribution is 0.00652. The van der Waals surface area contributed by atoms with E-state index in [9.17, 15) is 13.9 Å². The fraction of sp³-hybridized carbons (Fsp3) is 0.381. The summed E-state index contributed by atoms with van der Waals surface area (Å²) >= 11 is 0. The molecule has 0 amide bonds. The zero-order valence-corrected chi connectivity index (χ0v) is 16.1. The van der Waals surface area contributed by atoms with Crippen LogP contribution in [0, 0.1) is 5.82 Å². The number of fused-ring (bicyclic) bond motifs is 2. The second-order valence-corrected chi connectivity index (χ2v) is 7.83. The van der Waals surface area contributed by atoms with Crippen LogP contribution in [0.4, 0.5) is 8.78 Å². The van der Waals surface area contributed by atoms with Crippen LogP contribution in [0.3, 0.4) is 0 Å². The van der Waals surface area contributed by atoms with Crippen LogP contribution in [0.5, 0.6) is 11.6 Å². The molecule has 9 heteroatoms. The van der Waals surface area contributed by atoms with Crippen molar-refractivity contribution in [2.45, 2.75) is 50.0 Å². The number of nitrogens with one attached hydrogen (secondary N) is 2. The summed E-state index contributed by atoms with van der Waals surface area (Å²) in [6.45, 7) is 0. The molecule has 2 fully saturated rings. The molecule has 0 radical (unpaired) electrons. The van der Waals surface area contributed by atoms with Gasteiger partial charge in [-0.1, -0.05) is 6.42 Å². The third kappa shape index (κ3) is 3.49. The summed E-state index contributed by atoms with van der Waals surface area (Å²) in [5.74, 6) is -0.445. The molecule has 2 aliphatic rings. The third-order valence-electron chi connectivity index (χ3n) is 5.86. The number of aromatic hydroxyl groups is 1. The number of phenolic OH excluding ortho intramolecular Hbond substituents is 1. The Morgan fingerprint density at radius 2 is 2.03 bits per heavy atom.